The maximum absolute atomic E-state index is 12.8. The fourth-order valence-electron chi connectivity index (χ4n) is 9.03. The Hall–Kier alpha value is -2.55. The van der Waals surface area contributed by atoms with Crippen molar-refractivity contribution in [2.75, 3.05) is 47.5 Å². The van der Waals surface area contributed by atoms with Crippen LogP contribution in [0.25, 0.3) is 0 Å². The van der Waals surface area contributed by atoms with Crippen LogP contribution in [0, 0.1) is 0 Å². The Balaban J connectivity index is 3.96. The van der Waals surface area contributed by atoms with Gasteiger partial charge in [0.25, 0.3) is 7.82 Å². The van der Waals surface area contributed by atoms with E-state index in [2.05, 4.69) is 86.8 Å². The zero-order valence-corrected chi connectivity index (χ0v) is 51.8. The number of carbonyl (C=O) groups is 2. The summed E-state index contributed by atoms with van der Waals surface area (Å²) in [4.78, 5) is 37.9. The van der Waals surface area contributed by atoms with Crippen LogP contribution in [-0.4, -0.2) is 70.0 Å². The van der Waals surface area contributed by atoms with Gasteiger partial charge >= 0.3 is 11.9 Å². The Kier molecular flexibility index (Phi) is 56.2. The Morgan fingerprint density at radius 3 is 1.10 bits per heavy atom. The molecular weight excluding hydrogens is 978 g/mol. The number of nitrogens with zero attached hydrogens (tertiary/aromatic N) is 1. The number of hydrogen-bond donors (Lipinski definition) is 0. The molecule has 2 unspecified atom stereocenters. The second kappa shape index (κ2) is 58.1. The lowest BCUT2D eigenvalue weighted by molar-refractivity contribution is -0.870. The van der Waals surface area contributed by atoms with Gasteiger partial charge in [-0.3, -0.25) is 14.2 Å². The molecule has 0 aliphatic rings. The molecule has 0 aromatic heterocycles. The first-order valence-electron chi connectivity index (χ1n) is 32.1. The van der Waals surface area contributed by atoms with E-state index in [9.17, 15) is 19.0 Å². The molecular formula is C67H122NO8P. The number of esters is 2. The number of likely N-dealkylation sites (N-methyl/N-ethyl adjacent to an activating group) is 1. The van der Waals surface area contributed by atoms with Crippen molar-refractivity contribution in [1.29, 1.82) is 0 Å². The molecule has 0 heterocycles. The van der Waals surface area contributed by atoms with Crippen LogP contribution in [0.5, 0.6) is 0 Å². The van der Waals surface area contributed by atoms with Gasteiger partial charge in [0.2, 0.25) is 0 Å². The molecule has 77 heavy (non-hydrogen) atoms. The molecule has 0 bridgehead atoms. The number of rotatable bonds is 59. The van der Waals surface area contributed by atoms with E-state index in [1.165, 1.54) is 167 Å². The van der Waals surface area contributed by atoms with Gasteiger partial charge in [0, 0.05) is 12.8 Å². The lowest BCUT2D eigenvalue weighted by Crippen LogP contribution is -2.37. The third-order valence-electron chi connectivity index (χ3n) is 14.0. The maximum Gasteiger partial charge on any atom is 0.306 e. The van der Waals surface area contributed by atoms with Crippen LogP contribution in [-0.2, 0) is 32.7 Å². The molecule has 0 aromatic rings. The first kappa shape index (κ1) is 74.5. The van der Waals surface area contributed by atoms with E-state index < -0.39 is 32.5 Å². The summed E-state index contributed by atoms with van der Waals surface area (Å²) in [5, 5.41) is 0. The van der Waals surface area contributed by atoms with Crippen LogP contribution in [0.4, 0.5) is 0 Å². The van der Waals surface area contributed by atoms with Crippen LogP contribution in [0.2, 0.25) is 0 Å². The highest BCUT2D eigenvalue weighted by Gasteiger charge is 2.22. The number of phosphoric ester groups is 1. The van der Waals surface area contributed by atoms with E-state index in [1.807, 2.05) is 21.1 Å². The van der Waals surface area contributed by atoms with Gasteiger partial charge in [-0.1, -0.05) is 267 Å². The van der Waals surface area contributed by atoms with Gasteiger partial charge in [0.15, 0.2) is 6.10 Å². The van der Waals surface area contributed by atoms with E-state index in [0.29, 0.717) is 23.9 Å². The van der Waals surface area contributed by atoms with E-state index in [4.69, 9.17) is 18.5 Å². The number of carbonyl (C=O) groups excluding carboxylic acids is 2. The number of hydrogen-bond acceptors (Lipinski definition) is 8. The molecule has 0 fully saturated rings. The lowest BCUT2D eigenvalue weighted by atomic mass is 10.0. The van der Waals surface area contributed by atoms with E-state index in [1.54, 1.807) is 0 Å². The van der Waals surface area contributed by atoms with Crippen LogP contribution in [0.3, 0.4) is 0 Å². The number of phosphoric acid groups is 1. The average molecular weight is 1100 g/mol. The highest BCUT2D eigenvalue weighted by Crippen LogP contribution is 2.38. The molecule has 0 aliphatic carbocycles. The van der Waals surface area contributed by atoms with Gasteiger partial charge in [-0.05, 0) is 83.5 Å². The van der Waals surface area contributed by atoms with Crippen LogP contribution < -0.4 is 4.89 Å². The fraction of sp³-hybridized carbons (Fsp3) is 0.791. The summed E-state index contributed by atoms with van der Waals surface area (Å²) in [6, 6.07) is 0. The molecule has 448 valence electrons. The zero-order valence-electron chi connectivity index (χ0n) is 50.9. The molecule has 0 rings (SSSR count). The Morgan fingerprint density at radius 2 is 0.740 bits per heavy atom. The number of allylic oxidation sites excluding steroid dienone is 12. The minimum absolute atomic E-state index is 0.0332. The monoisotopic (exact) mass is 1100 g/mol. The number of ether oxygens (including phenoxy) is 2. The van der Waals surface area contributed by atoms with Crippen molar-refractivity contribution in [3.8, 4) is 0 Å². The molecule has 0 spiro atoms. The first-order valence-corrected chi connectivity index (χ1v) is 33.6. The Labute approximate surface area is 476 Å². The summed E-state index contributed by atoms with van der Waals surface area (Å²) in [6.45, 7) is 4.12. The van der Waals surface area contributed by atoms with Crippen molar-refractivity contribution in [2.45, 2.75) is 296 Å². The predicted molar refractivity (Wildman–Crippen MR) is 328 cm³/mol. The minimum atomic E-state index is -4.64. The van der Waals surface area contributed by atoms with Gasteiger partial charge < -0.3 is 27.9 Å². The van der Waals surface area contributed by atoms with Crippen molar-refractivity contribution in [3.05, 3.63) is 72.9 Å². The first-order chi connectivity index (χ1) is 37.5. The van der Waals surface area contributed by atoms with Crippen LogP contribution in [0.1, 0.15) is 290 Å². The standard InChI is InChI=1S/C67H122NO8P/c1-6-8-10-12-14-16-18-20-22-24-25-26-27-28-29-30-31-32-33-34-35-36-37-38-39-40-41-42-43-44-46-48-50-52-54-56-58-60-67(70)76-65(64-75-77(71,72)74-62-61-68(3,4)5)63-73-66(69)59-57-55-53-51-49-47-45-23-21-19-17-15-13-11-9-7-2/h8,10,14,16-17,19-20,22-23,25-26,45,65H,6-7,9,11-13,15,18,21,24,27-44,46-64H2,1-5H3/b10-8-,16-14-,19-17-,22-20-,26-25-,45-23-. The van der Waals surface area contributed by atoms with Crippen molar-refractivity contribution in [3.63, 3.8) is 0 Å². The van der Waals surface area contributed by atoms with E-state index in [-0.39, 0.29) is 26.1 Å². The van der Waals surface area contributed by atoms with Gasteiger partial charge in [-0.15, -0.1) is 0 Å². The van der Waals surface area contributed by atoms with Gasteiger partial charge in [-0.25, -0.2) is 0 Å². The van der Waals surface area contributed by atoms with Crippen LogP contribution in [0.15, 0.2) is 72.9 Å². The molecule has 10 heteroatoms. The Bertz CT molecular complexity index is 1530. The smallest absolute Gasteiger partial charge is 0.306 e. The number of quaternary nitrogens is 1. The molecule has 0 saturated heterocycles. The highest BCUT2D eigenvalue weighted by molar-refractivity contribution is 7.45. The summed E-state index contributed by atoms with van der Waals surface area (Å²) in [6.07, 6.45) is 77.0. The van der Waals surface area contributed by atoms with Crippen LogP contribution >= 0.6 is 7.82 Å². The van der Waals surface area contributed by atoms with Crippen molar-refractivity contribution >= 4 is 19.8 Å². The largest absolute Gasteiger partial charge is 0.756 e. The lowest BCUT2D eigenvalue weighted by Gasteiger charge is -2.28. The SMILES string of the molecule is CC/C=C\C/C=C\C/C=C\C/C=C\CCCCCCCCCCCCCCCCCCCCCCCCCCC(=O)OC(COC(=O)CCCCCCC/C=C\C/C=C\CCCCCC)COP(=O)([O-])OCC[N+](C)(C)C. The normalized spacial score (nSPS) is 13.7. The van der Waals surface area contributed by atoms with Gasteiger partial charge in [-0.2, -0.15) is 0 Å². The minimum Gasteiger partial charge on any atom is -0.756 e. The summed E-state index contributed by atoms with van der Waals surface area (Å²) in [7, 11) is 1.16. The summed E-state index contributed by atoms with van der Waals surface area (Å²) in [5.74, 6) is -0.839. The topological polar surface area (TPSA) is 111 Å². The molecule has 0 amide bonds. The maximum atomic E-state index is 12.8. The summed E-state index contributed by atoms with van der Waals surface area (Å²) < 4.78 is 34.2. The third kappa shape index (κ3) is 62.5. The van der Waals surface area contributed by atoms with Crippen molar-refractivity contribution in [2.24, 2.45) is 0 Å². The van der Waals surface area contributed by atoms with Crippen molar-refractivity contribution < 1.29 is 42.1 Å². The molecule has 2 atom stereocenters. The fourth-order valence-corrected chi connectivity index (χ4v) is 9.76. The van der Waals surface area contributed by atoms with Gasteiger partial charge in [0.1, 0.15) is 19.8 Å². The van der Waals surface area contributed by atoms with Crippen molar-refractivity contribution in [1.82, 2.24) is 0 Å². The number of unbranched alkanes of at least 4 members (excludes halogenated alkanes) is 33. The molecule has 0 saturated carbocycles. The van der Waals surface area contributed by atoms with E-state index >= 15 is 0 Å². The molecule has 0 radical (unpaired) electrons. The predicted octanol–water partition coefficient (Wildman–Crippen LogP) is 19.8. The summed E-state index contributed by atoms with van der Waals surface area (Å²) in [5.41, 5.74) is 0. The second-order valence-corrected chi connectivity index (χ2v) is 24.2. The van der Waals surface area contributed by atoms with E-state index in [0.717, 1.165) is 83.5 Å². The molecule has 0 aliphatic heterocycles. The zero-order chi connectivity index (χ0) is 56.3. The average Bonchev–Trinajstić information content (AvgIpc) is 3.39. The second-order valence-electron chi connectivity index (χ2n) is 22.7. The third-order valence-corrected chi connectivity index (χ3v) is 14.9. The summed E-state index contributed by atoms with van der Waals surface area (Å²) >= 11 is 0. The quantitative estimate of drug-likeness (QED) is 0.0195. The highest BCUT2D eigenvalue weighted by atomic mass is 31.2. The van der Waals surface area contributed by atoms with Gasteiger partial charge in [0.05, 0.1) is 27.7 Å². The molecule has 0 N–H and O–H groups in total. The molecule has 9 nitrogen and oxygen atoms in total. The molecule has 0 aromatic carbocycles. The Morgan fingerprint density at radius 1 is 0.416 bits per heavy atom.